The van der Waals surface area contributed by atoms with E-state index in [0.29, 0.717) is 22.9 Å². The Morgan fingerprint density at radius 3 is 2.20 bits per heavy atom. The third kappa shape index (κ3) is 4.64. The van der Waals surface area contributed by atoms with Crippen molar-refractivity contribution in [3.63, 3.8) is 0 Å². The molecule has 1 saturated heterocycles. The van der Waals surface area contributed by atoms with Crippen LogP contribution in [-0.4, -0.2) is 51.9 Å². The Kier molecular flexibility index (Phi) is 6.63. The Morgan fingerprint density at radius 2 is 1.55 bits per heavy atom. The highest BCUT2D eigenvalue weighted by Crippen LogP contribution is 2.41. The molecule has 3 aromatic heterocycles. The van der Waals surface area contributed by atoms with Crippen molar-refractivity contribution in [2.45, 2.75) is 20.8 Å². The van der Waals surface area contributed by atoms with E-state index in [1.807, 2.05) is 49.4 Å². The van der Waals surface area contributed by atoms with Gasteiger partial charge in [-0.1, -0.05) is 30.3 Å². The minimum Gasteiger partial charge on any atom is -0.383 e. The van der Waals surface area contributed by atoms with Gasteiger partial charge in [-0.3, -0.25) is 4.79 Å². The Bertz CT molecular complexity index is 1710. The van der Waals surface area contributed by atoms with Gasteiger partial charge in [0.2, 0.25) is 0 Å². The molecule has 40 heavy (non-hydrogen) atoms. The monoisotopic (exact) mass is 553 g/mol. The van der Waals surface area contributed by atoms with Crippen LogP contribution in [0.4, 0.5) is 21.7 Å². The van der Waals surface area contributed by atoms with Gasteiger partial charge in [0.1, 0.15) is 22.3 Å². The average molecular weight is 554 g/mol. The summed E-state index contributed by atoms with van der Waals surface area (Å²) in [4.78, 5) is 37.5. The summed E-state index contributed by atoms with van der Waals surface area (Å²) in [7, 11) is 0. The van der Waals surface area contributed by atoms with Crippen LogP contribution >= 0.6 is 11.3 Å². The van der Waals surface area contributed by atoms with Crippen LogP contribution in [0.5, 0.6) is 0 Å². The van der Waals surface area contributed by atoms with E-state index in [0.717, 1.165) is 63.9 Å². The predicted octanol–water partition coefficient (Wildman–Crippen LogP) is 5.68. The molecule has 4 heterocycles. The topological polar surface area (TPSA) is 101 Å². The van der Waals surface area contributed by atoms with Gasteiger partial charge in [-0.25, -0.2) is 24.3 Å². The van der Waals surface area contributed by atoms with Gasteiger partial charge in [-0.2, -0.15) is 0 Å². The molecule has 10 heteroatoms. The van der Waals surface area contributed by atoms with Crippen LogP contribution in [0.3, 0.4) is 0 Å². The SMILES string of the molecule is CC(=O)c1c(C)nc(-c2sc3nc(-c4ccccc4)nc(N4CCN(c5ccc(F)cc5)CC4)c3c2C)nc1N. The van der Waals surface area contributed by atoms with E-state index in [9.17, 15) is 9.18 Å². The number of carbonyl (C=O) groups excluding carboxylic acids is 1. The molecule has 1 fully saturated rings. The number of benzene rings is 2. The lowest BCUT2D eigenvalue weighted by Crippen LogP contribution is -2.47. The van der Waals surface area contributed by atoms with E-state index < -0.39 is 0 Å². The average Bonchev–Trinajstić information content (AvgIpc) is 3.29. The van der Waals surface area contributed by atoms with E-state index in [4.69, 9.17) is 15.7 Å². The van der Waals surface area contributed by atoms with Gasteiger partial charge in [0.15, 0.2) is 17.4 Å². The van der Waals surface area contributed by atoms with Gasteiger partial charge < -0.3 is 15.5 Å². The highest BCUT2D eigenvalue weighted by molar-refractivity contribution is 7.22. The van der Waals surface area contributed by atoms with E-state index >= 15 is 0 Å². The van der Waals surface area contributed by atoms with Crippen LogP contribution in [0.2, 0.25) is 0 Å². The number of hydrogen-bond acceptors (Lipinski definition) is 9. The third-order valence-corrected chi connectivity index (χ3v) is 8.43. The molecule has 6 rings (SSSR count). The molecular weight excluding hydrogens is 525 g/mol. The van der Waals surface area contributed by atoms with Crippen molar-refractivity contribution in [2.24, 2.45) is 0 Å². The zero-order valence-electron chi connectivity index (χ0n) is 22.5. The van der Waals surface area contributed by atoms with Crippen molar-refractivity contribution >= 4 is 44.7 Å². The summed E-state index contributed by atoms with van der Waals surface area (Å²) in [5, 5.41) is 0.963. The van der Waals surface area contributed by atoms with Crippen LogP contribution in [0.1, 0.15) is 28.5 Å². The molecule has 0 amide bonds. The summed E-state index contributed by atoms with van der Waals surface area (Å²) in [5.74, 6) is 1.79. The molecule has 1 aliphatic heterocycles. The second kappa shape index (κ2) is 10.3. The molecule has 1 aliphatic rings. The van der Waals surface area contributed by atoms with E-state index in [2.05, 4.69) is 19.8 Å². The lowest BCUT2D eigenvalue weighted by Gasteiger charge is -2.37. The maximum atomic E-state index is 13.5. The summed E-state index contributed by atoms with van der Waals surface area (Å²) in [6.45, 7) is 8.33. The summed E-state index contributed by atoms with van der Waals surface area (Å²) in [5.41, 5.74) is 10.0. The standard InChI is InChI=1S/C30H28FN7OS/c1-17-23-29(38-15-13-37(14-16-38)22-11-9-21(31)10-12-22)35-27(20-7-5-4-6-8-20)36-30(23)40-25(17)28-33-18(2)24(19(3)39)26(32)34-28/h4-12H,13-16H2,1-3H3,(H2,32,33,34). The molecule has 0 aliphatic carbocycles. The smallest absolute Gasteiger partial charge is 0.172 e. The second-order valence-corrected chi connectivity index (χ2v) is 10.9. The number of halogens is 1. The van der Waals surface area contributed by atoms with Crippen LogP contribution in [0, 0.1) is 19.7 Å². The first-order valence-electron chi connectivity index (χ1n) is 13.1. The fourth-order valence-electron chi connectivity index (χ4n) is 5.24. The molecule has 2 N–H and O–H groups in total. The summed E-state index contributed by atoms with van der Waals surface area (Å²) < 4.78 is 13.5. The molecule has 0 unspecified atom stereocenters. The van der Waals surface area contributed by atoms with E-state index in [1.54, 1.807) is 6.92 Å². The Balaban J connectivity index is 1.44. The minimum absolute atomic E-state index is 0.157. The first kappa shape index (κ1) is 25.8. The van der Waals surface area contributed by atoms with Crippen molar-refractivity contribution in [3.8, 4) is 22.1 Å². The first-order valence-corrected chi connectivity index (χ1v) is 13.9. The van der Waals surface area contributed by atoms with Gasteiger partial charge in [0, 0.05) is 37.4 Å². The third-order valence-electron chi connectivity index (χ3n) is 7.25. The maximum absolute atomic E-state index is 13.5. The number of nitrogens with two attached hydrogens (primary N) is 1. The summed E-state index contributed by atoms with van der Waals surface area (Å²) in [6.07, 6.45) is 0. The lowest BCUT2D eigenvalue weighted by molar-refractivity contribution is 0.101. The van der Waals surface area contributed by atoms with E-state index in [1.165, 1.54) is 30.4 Å². The minimum atomic E-state index is -0.236. The number of nitrogen functional groups attached to an aromatic ring is 1. The van der Waals surface area contributed by atoms with Crippen LogP contribution < -0.4 is 15.5 Å². The molecule has 0 bridgehead atoms. The van der Waals surface area contributed by atoms with Gasteiger partial charge in [-0.05, 0) is 50.6 Å². The zero-order valence-corrected chi connectivity index (χ0v) is 23.3. The summed E-state index contributed by atoms with van der Waals surface area (Å²) in [6, 6.07) is 16.6. The normalized spacial score (nSPS) is 13.7. The van der Waals surface area contributed by atoms with Crippen molar-refractivity contribution < 1.29 is 9.18 Å². The molecule has 0 saturated carbocycles. The number of ketones is 1. The van der Waals surface area contributed by atoms with Gasteiger partial charge >= 0.3 is 0 Å². The largest absolute Gasteiger partial charge is 0.383 e. The molecule has 0 atom stereocenters. The maximum Gasteiger partial charge on any atom is 0.172 e. The van der Waals surface area contributed by atoms with Gasteiger partial charge in [-0.15, -0.1) is 11.3 Å². The van der Waals surface area contributed by atoms with E-state index in [-0.39, 0.29) is 17.4 Å². The summed E-state index contributed by atoms with van der Waals surface area (Å²) >= 11 is 1.51. The fourth-order valence-corrected chi connectivity index (χ4v) is 6.35. The molecule has 5 aromatic rings. The highest BCUT2D eigenvalue weighted by Gasteiger charge is 2.26. The molecular formula is C30H28FN7OS. The Morgan fingerprint density at radius 1 is 0.875 bits per heavy atom. The molecule has 8 nitrogen and oxygen atoms in total. The van der Waals surface area contributed by atoms with Gasteiger partial charge in [0.05, 0.1) is 21.5 Å². The number of Topliss-reactive ketones (excluding diaryl/α,β-unsaturated/α-hetero) is 1. The molecule has 2 aromatic carbocycles. The number of carbonyl (C=O) groups is 1. The molecule has 0 spiro atoms. The van der Waals surface area contributed by atoms with Crippen molar-refractivity contribution in [1.29, 1.82) is 0 Å². The van der Waals surface area contributed by atoms with Crippen LogP contribution in [0.25, 0.3) is 32.3 Å². The van der Waals surface area contributed by atoms with Crippen molar-refractivity contribution in [2.75, 3.05) is 41.7 Å². The molecule has 0 radical (unpaired) electrons. The van der Waals surface area contributed by atoms with Gasteiger partial charge in [0.25, 0.3) is 0 Å². The number of anilines is 3. The number of aromatic nitrogens is 4. The predicted molar refractivity (Wildman–Crippen MR) is 159 cm³/mol. The number of piperazine rings is 1. The fraction of sp³-hybridized carbons (Fsp3) is 0.233. The first-order chi connectivity index (χ1) is 19.3. The number of thiophene rings is 1. The number of hydrogen-bond donors (Lipinski definition) is 1. The lowest BCUT2D eigenvalue weighted by atomic mass is 10.1. The van der Waals surface area contributed by atoms with Crippen molar-refractivity contribution in [3.05, 3.63) is 77.2 Å². The van der Waals surface area contributed by atoms with Crippen LogP contribution in [-0.2, 0) is 0 Å². The van der Waals surface area contributed by atoms with Crippen LogP contribution in [0.15, 0.2) is 54.6 Å². The zero-order chi connectivity index (χ0) is 28.0. The van der Waals surface area contributed by atoms with Crippen molar-refractivity contribution in [1.82, 2.24) is 19.9 Å². The number of aryl methyl sites for hydroxylation is 2. The Hall–Kier alpha value is -4.44. The number of rotatable bonds is 5. The second-order valence-electron chi connectivity index (χ2n) is 9.87. The highest BCUT2D eigenvalue weighted by atomic mass is 32.1. The molecule has 202 valence electrons. The number of fused-ring (bicyclic) bond motifs is 1. The Labute approximate surface area is 235 Å². The quantitative estimate of drug-likeness (QED) is 0.277. The number of nitrogens with zero attached hydrogens (tertiary/aromatic N) is 6.